The molecule has 0 heterocycles. The first-order valence-corrected chi connectivity index (χ1v) is 6.99. The maximum Gasteiger partial charge on any atom is 0.137 e. The number of rotatable bonds is 7. The number of ether oxygens (including phenoxy) is 1. The van der Waals surface area contributed by atoms with Crippen LogP contribution >= 0.6 is 11.6 Å². The largest absolute Gasteiger partial charge is 0.495 e. The minimum atomic E-state index is 0.620. The Morgan fingerprint density at radius 3 is 2.55 bits per heavy atom. The van der Waals surface area contributed by atoms with Gasteiger partial charge in [0.25, 0.3) is 0 Å². The van der Waals surface area contributed by atoms with E-state index < -0.39 is 0 Å². The lowest BCUT2D eigenvalue weighted by atomic mass is 10.2. The number of methoxy groups -OCH3 is 1. The fourth-order valence-corrected chi connectivity index (χ4v) is 2.16. The summed E-state index contributed by atoms with van der Waals surface area (Å²) in [6.45, 7) is 2.61. The van der Waals surface area contributed by atoms with Gasteiger partial charge in [-0.05, 0) is 23.8 Å². The summed E-state index contributed by atoms with van der Waals surface area (Å²) in [5.41, 5.74) is 2.29. The smallest absolute Gasteiger partial charge is 0.137 e. The van der Waals surface area contributed by atoms with Crippen molar-refractivity contribution in [1.82, 2.24) is 5.32 Å². The topological polar surface area (TPSA) is 33.3 Å². The molecule has 2 rings (SSSR count). The molecule has 0 saturated heterocycles. The summed E-state index contributed by atoms with van der Waals surface area (Å²) in [7, 11) is 1.61. The summed E-state index contributed by atoms with van der Waals surface area (Å²) >= 11 is 6.07. The summed E-state index contributed by atoms with van der Waals surface area (Å²) in [5.74, 6) is 0.694. The fraction of sp³-hybridized carbons (Fsp3) is 0.250. The Balaban J connectivity index is 1.69. The number of benzene rings is 2. The second-order valence-electron chi connectivity index (χ2n) is 4.44. The van der Waals surface area contributed by atoms with Crippen LogP contribution in [0.2, 0.25) is 5.02 Å². The quantitative estimate of drug-likeness (QED) is 0.765. The first-order chi connectivity index (χ1) is 9.79. The van der Waals surface area contributed by atoms with Gasteiger partial charge in [0.2, 0.25) is 0 Å². The van der Waals surface area contributed by atoms with Crippen LogP contribution in [0.1, 0.15) is 5.56 Å². The highest BCUT2D eigenvalue weighted by Crippen LogP contribution is 2.26. The van der Waals surface area contributed by atoms with Crippen LogP contribution in [0.25, 0.3) is 0 Å². The van der Waals surface area contributed by atoms with Gasteiger partial charge in [0.1, 0.15) is 5.75 Å². The van der Waals surface area contributed by atoms with Crippen molar-refractivity contribution in [3.63, 3.8) is 0 Å². The number of nitrogens with one attached hydrogen (secondary N) is 2. The summed E-state index contributed by atoms with van der Waals surface area (Å²) in [5, 5.41) is 7.33. The third kappa shape index (κ3) is 4.44. The molecule has 0 unspecified atom stereocenters. The molecule has 0 atom stereocenters. The molecule has 0 amide bonds. The molecule has 4 heteroatoms. The summed E-state index contributed by atoms with van der Waals surface area (Å²) < 4.78 is 5.12. The van der Waals surface area contributed by atoms with Crippen LogP contribution in [0.3, 0.4) is 0 Å². The molecule has 0 radical (unpaired) electrons. The average molecular weight is 291 g/mol. The van der Waals surface area contributed by atoms with Gasteiger partial charge >= 0.3 is 0 Å². The fourth-order valence-electron chi connectivity index (χ4n) is 1.90. The van der Waals surface area contributed by atoms with Crippen LogP contribution in [0.15, 0.2) is 48.5 Å². The molecule has 0 aliphatic carbocycles. The summed E-state index contributed by atoms with van der Waals surface area (Å²) in [6.07, 6.45) is 0. The molecule has 2 aromatic carbocycles. The molecule has 0 fully saturated rings. The van der Waals surface area contributed by atoms with Gasteiger partial charge in [-0.1, -0.05) is 41.9 Å². The van der Waals surface area contributed by atoms with Crippen LogP contribution in [-0.2, 0) is 6.54 Å². The standard InChI is InChI=1S/C16H19ClN2O/c1-20-16-8-7-14(11-15(16)17)19-10-9-18-12-13-5-3-2-4-6-13/h2-8,11,18-19H,9-10,12H2,1H3. The molecule has 0 bridgehead atoms. The number of anilines is 1. The summed E-state index contributed by atoms with van der Waals surface area (Å²) in [4.78, 5) is 0. The van der Waals surface area contributed by atoms with Crippen LogP contribution in [0.4, 0.5) is 5.69 Å². The van der Waals surface area contributed by atoms with E-state index in [1.54, 1.807) is 7.11 Å². The highest BCUT2D eigenvalue weighted by Gasteiger charge is 2.00. The van der Waals surface area contributed by atoms with E-state index in [9.17, 15) is 0 Å². The maximum absolute atomic E-state index is 6.07. The van der Waals surface area contributed by atoms with Crippen LogP contribution in [0.5, 0.6) is 5.75 Å². The van der Waals surface area contributed by atoms with Crippen molar-refractivity contribution in [2.24, 2.45) is 0 Å². The molecule has 0 saturated carbocycles. The molecule has 0 spiro atoms. The third-order valence-corrected chi connectivity index (χ3v) is 3.25. The third-order valence-electron chi connectivity index (χ3n) is 2.95. The van der Waals surface area contributed by atoms with E-state index in [2.05, 4.69) is 34.9 Å². The Labute approximate surface area is 124 Å². The molecule has 2 N–H and O–H groups in total. The van der Waals surface area contributed by atoms with E-state index in [1.807, 2.05) is 24.3 Å². The van der Waals surface area contributed by atoms with E-state index in [1.165, 1.54) is 5.56 Å². The van der Waals surface area contributed by atoms with Gasteiger partial charge in [0.15, 0.2) is 0 Å². The Kier molecular flexibility index (Phi) is 5.71. The lowest BCUT2D eigenvalue weighted by molar-refractivity contribution is 0.415. The Bertz CT molecular complexity index is 531. The van der Waals surface area contributed by atoms with Gasteiger partial charge in [-0.15, -0.1) is 0 Å². The minimum Gasteiger partial charge on any atom is -0.495 e. The van der Waals surface area contributed by atoms with Crippen LogP contribution in [0, 0.1) is 0 Å². The zero-order chi connectivity index (χ0) is 14.2. The molecule has 3 nitrogen and oxygen atoms in total. The second-order valence-corrected chi connectivity index (χ2v) is 4.85. The van der Waals surface area contributed by atoms with E-state index in [4.69, 9.17) is 16.3 Å². The van der Waals surface area contributed by atoms with Crippen molar-refractivity contribution in [2.45, 2.75) is 6.54 Å². The first-order valence-electron chi connectivity index (χ1n) is 6.61. The number of halogens is 1. The molecular formula is C16H19ClN2O. The van der Waals surface area contributed by atoms with E-state index >= 15 is 0 Å². The Morgan fingerprint density at radius 2 is 1.85 bits per heavy atom. The van der Waals surface area contributed by atoms with Crippen molar-refractivity contribution in [1.29, 1.82) is 0 Å². The zero-order valence-corrected chi connectivity index (χ0v) is 12.3. The first kappa shape index (κ1) is 14.7. The van der Waals surface area contributed by atoms with Crippen LogP contribution in [-0.4, -0.2) is 20.2 Å². The molecule has 20 heavy (non-hydrogen) atoms. The lowest BCUT2D eigenvalue weighted by Crippen LogP contribution is -2.21. The van der Waals surface area contributed by atoms with Crippen molar-refractivity contribution in [3.05, 3.63) is 59.1 Å². The van der Waals surface area contributed by atoms with Crippen molar-refractivity contribution in [3.8, 4) is 5.75 Å². The average Bonchev–Trinajstić information content (AvgIpc) is 2.48. The molecular weight excluding hydrogens is 272 g/mol. The maximum atomic E-state index is 6.07. The van der Waals surface area contributed by atoms with Gasteiger partial charge in [-0.2, -0.15) is 0 Å². The molecule has 0 aliphatic rings. The molecule has 0 aliphatic heterocycles. The Morgan fingerprint density at radius 1 is 1.05 bits per heavy atom. The van der Waals surface area contributed by atoms with Crippen LogP contribution < -0.4 is 15.4 Å². The van der Waals surface area contributed by atoms with Gasteiger partial charge in [0, 0.05) is 25.3 Å². The second kappa shape index (κ2) is 7.78. The monoisotopic (exact) mass is 290 g/mol. The van der Waals surface area contributed by atoms with Crippen molar-refractivity contribution < 1.29 is 4.74 Å². The van der Waals surface area contributed by atoms with E-state index in [0.29, 0.717) is 10.8 Å². The van der Waals surface area contributed by atoms with Crippen molar-refractivity contribution in [2.75, 3.05) is 25.5 Å². The number of hydrogen-bond acceptors (Lipinski definition) is 3. The normalized spacial score (nSPS) is 10.3. The van der Waals surface area contributed by atoms with Gasteiger partial charge in [-0.25, -0.2) is 0 Å². The molecule has 106 valence electrons. The predicted molar refractivity (Wildman–Crippen MR) is 84.6 cm³/mol. The predicted octanol–water partition coefficient (Wildman–Crippen LogP) is 3.55. The van der Waals surface area contributed by atoms with Crippen molar-refractivity contribution >= 4 is 17.3 Å². The van der Waals surface area contributed by atoms with Gasteiger partial charge in [-0.3, -0.25) is 0 Å². The number of hydrogen-bond donors (Lipinski definition) is 2. The SMILES string of the molecule is COc1ccc(NCCNCc2ccccc2)cc1Cl. The van der Waals surface area contributed by atoms with E-state index in [0.717, 1.165) is 25.3 Å². The highest BCUT2D eigenvalue weighted by atomic mass is 35.5. The van der Waals surface area contributed by atoms with Gasteiger partial charge < -0.3 is 15.4 Å². The lowest BCUT2D eigenvalue weighted by Gasteiger charge is -2.10. The minimum absolute atomic E-state index is 0.620. The highest BCUT2D eigenvalue weighted by molar-refractivity contribution is 6.32. The summed E-state index contributed by atoms with van der Waals surface area (Å²) in [6, 6.07) is 16.1. The molecule has 0 aromatic heterocycles. The van der Waals surface area contributed by atoms with Gasteiger partial charge in [0.05, 0.1) is 12.1 Å². The Hall–Kier alpha value is -1.71. The van der Waals surface area contributed by atoms with E-state index in [-0.39, 0.29) is 0 Å². The zero-order valence-electron chi connectivity index (χ0n) is 11.5. The molecule has 2 aromatic rings.